The molecule has 6 nitrogen and oxygen atoms in total. The Kier molecular flexibility index (Phi) is 4.39. The molecular formula is C21H23N5OS. The number of thiophene rings is 1. The van der Waals surface area contributed by atoms with Crippen LogP contribution < -0.4 is 10.6 Å². The minimum Gasteiger partial charge on any atom is -0.368 e. The van der Waals surface area contributed by atoms with Crippen molar-refractivity contribution in [1.29, 1.82) is 0 Å². The predicted octanol–water partition coefficient (Wildman–Crippen LogP) is 2.73. The lowest BCUT2D eigenvalue weighted by molar-refractivity contribution is -0.136. The summed E-state index contributed by atoms with van der Waals surface area (Å²) in [4.78, 5) is 27.1. The van der Waals surface area contributed by atoms with Gasteiger partial charge in [-0.3, -0.25) is 4.79 Å². The van der Waals surface area contributed by atoms with Gasteiger partial charge < -0.3 is 15.5 Å². The molecule has 3 aromatic rings. The number of fused-ring (bicyclic) bond motifs is 2. The van der Waals surface area contributed by atoms with Gasteiger partial charge in [-0.1, -0.05) is 24.3 Å². The number of aryl methyl sites for hydroxylation is 1. The summed E-state index contributed by atoms with van der Waals surface area (Å²) in [6.45, 7) is 3.01. The molecular weight excluding hydrogens is 370 g/mol. The second kappa shape index (κ2) is 7.05. The molecule has 1 aliphatic heterocycles. The van der Waals surface area contributed by atoms with Gasteiger partial charge in [-0.15, -0.1) is 11.3 Å². The van der Waals surface area contributed by atoms with Gasteiger partial charge in [0.1, 0.15) is 10.6 Å². The zero-order valence-electron chi connectivity index (χ0n) is 15.7. The predicted molar refractivity (Wildman–Crippen MR) is 113 cm³/mol. The summed E-state index contributed by atoms with van der Waals surface area (Å²) in [7, 11) is 0. The van der Waals surface area contributed by atoms with Crippen molar-refractivity contribution in [3.05, 3.63) is 46.8 Å². The smallest absolute Gasteiger partial charge is 0.226 e. The van der Waals surface area contributed by atoms with Crippen LogP contribution in [0.2, 0.25) is 0 Å². The molecule has 1 atom stereocenters. The van der Waals surface area contributed by atoms with Crippen LogP contribution in [0.4, 0.5) is 11.8 Å². The SMILES string of the molecule is Nc1nc(N2CCN(C(=O)C3CCc4ccccc4C3)CC2)c2ccsc2n1. The second-order valence-electron chi connectivity index (χ2n) is 7.57. The van der Waals surface area contributed by atoms with Gasteiger partial charge in [-0.2, -0.15) is 4.98 Å². The van der Waals surface area contributed by atoms with Gasteiger partial charge in [0.15, 0.2) is 0 Å². The molecule has 28 heavy (non-hydrogen) atoms. The summed E-state index contributed by atoms with van der Waals surface area (Å²) in [6, 6.07) is 10.6. The van der Waals surface area contributed by atoms with Gasteiger partial charge in [0, 0.05) is 32.1 Å². The van der Waals surface area contributed by atoms with Crippen molar-refractivity contribution in [2.75, 3.05) is 36.8 Å². The fourth-order valence-corrected chi connectivity index (χ4v) is 5.17. The summed E-state index contributed by atoms with van der Waals surface area (Å²) in [5.41, 5.74) is 8.63. The average molecular weight is 394 g/mol. The number of rotatable bonds is 2. The van der Waals surface area contributed by atoms with Crippen LogP contribution in [0.5, 0.6) is 0 Å². The zero-order valence-corrected chi connectivity index (χ0v) is 16.5. The fourth-order valence-electron chi connectivity index (χ4n) is 4.40. The Hall–Kier alpha value is -2.67. The average Bonchev–Trinajstić information content (AvgIpc) is 3.21. The van der Waals surface area contributed by atoms with Gasteiger partial charge in [0.05, 0.1) is 5.39 Å². The number of anilines is 2. The number of nitrogens with two attached hydrogens (primary N) is 1. The van der Waals surface area contributed by atoms with Crippen molar-refractivity contribution in [2.45, 2.75) is 19.3 Å². The number of amides is 1. The Labute approximate surface area is 168 Å². The number of nitrogens with zero attached hydrogens (tertiary/aromatic N) is 4. The molecule has 1 aromatic carbocycles. The summed E-state index contributed by atoms with van der Waals surface area (Å²) >= 11 is 1.58. The van der Waals surface area contributed by atoms with Crippen LogP contribution in [0.3, 0.4) is 0 Å². The van der Waals surface area contributed by atoms with Gasteiger partial charge >= 0.3 is 0 Å². The summed E-state index contributed by atoms with van der Waals surface area (Å²) in [5.74, 6) is 1.61. The highest BCUT2D eigenvalue weighted by atomic mass is 32.1. The summed E-state index contributed by atoms with van der Waals surface area (Å²) in [5, 5.41) is 3.06. The first-order valence-electron chi connectivity index (χ1n) is 9.80. The van der Waals surface area contributed by atoms with Crippen LogP contribution in [0.15, 0.2) is 35.7 Å². The lowest BCUT2D eigenvalue weighted by Gasteiger charge is -2.38. The Morgan fingerprint density at radius 2 is 1.86 bits per heavy atom. The highest BCUT2D eigenvalue weighted by Crippen LogP contribution is 2.30. The highest BCUT2D eigenvalue weighted by molar-refractivity contribution is 7.16. The van der Waals surface area contributed by atoms with Gasteiger partial charge in [0.2, 0.25) is 11.9 Å². The van der Waals surface area contributed by atoms with Crippen molar-refractivity contribution in [3.8, 4) is 0 Å². The quantitative estimate of drug-likeness (QED) is 0.725. The normalized spacial score (nSPS) is 19.6. The molecule has 1 aliphatic carbocycles. The van der Waals surface area contributed by atoms with Crippen molar-refractivity contribution in [3.63, 3.8) is 0 Å². The molecule has 2 N–H and O–H groups in total. The van der Waals surface area contributed by atoms with Crippen LogP contribution in [0, 0.1) is 5.92 Å². The Morgan fingerprint density at radius 3 is 2.68 bits per heavy atom. The van der Waals surface area contributed by atoms with Crippen LogP contribution >= 0.6 is 11.3 Å². The molecule has 0 bridgehead atoms. The first-order chi connectivity index (χ1) is 13.7. The Morgan fingerprint density at radius 1 is 1.07 bits per heavy atom. The lowest BCUT2D eigenvalue weighted by Crippen LogP contribution is -2.51. The number of piperazine rings is 1. The van der Waals surface area contributed by atoms with E-state index < -0.39 is 0 Å². The van der Waals surface area contributed by atoms with Crippen LogP contribution in [-0.2, 0) is 17.6 Å². The van der Waals surface area contributed by atoms with Crippen LogP contribution in [0.1, 0.15) is 17.5 Å². The third-order valence-corrected chi connectivity index (χ3v) is 6.72. The van der Waals surface area contributed by atoms with Crippen LogP contribution in [-0.4, -0.2) is 47.0 Å². The Balaban J connectivity index is 1.27. The molecule has 0 radical (unpaired) electrons. The minimum absolute atomic E-state index is 0.111. The number of hydrogen-bond donors (Lipinski definition) is 1. The molecule has 5 rings (SSSR count). The third kappa shape index (κ3) is 3.09. The monoisotopic (exact) mass is 393 g/mol. The molecule has 1 fully saturated rings. The molecule has 2 aliphatic rings. The third-order valence-electron chi connectivity index (χ3n) is 5.91. The first-order valence-corrected chi connectivity index (χ1v) is 10.7. The maximum atomic E-state index is 13.1. The minimum atomic E-state index is 0.111. The number of nitrogen functional groups attached to an aromatic ring is 1. The lowest BCUT2D eigenvalue weighted by atomic mass is 9.83. The van der Waals surface area contributed by atoms with Crippen molar-refractivity contribution in [2.24, 2.45) is 5.92 Å². The molecule has 0 spiro atoms. The molecule has 144 valence electrons. The number of carbonyl (C=O) groups excluding carboxylic acids is 1. The molecule has 1 saturated heterocycles. The van der Waals surface area contributed by atoms with E-state index in [4.69, 9.17) is 5.73 Å². The summed E-state index contributed by atoms with van der Waals surface area (Å²) < 4.78 is 0. The molecule has 2 aromatic heterocycles. The molecule has 1 unspecified atom stereocenters. The number of hydrogen-bond acceptors (Lipinski definition) is 6. The van der Waals surface area contributed by atoms with E-state index in [1.54, 1.807) is 11.3 Å². The van der Waals surface area contributed by atoms with Crippen LogP contribution in [0.25, 0.3) is 10.2 Å². The number of aromatic nitrogens is 2. The topological polar surface area (TPSA) is 75.3 Å². The second-order valence-corrected chi connectivity index (χ2v) is 8.46. The van der Waals surface area contributed by atoms with Gasteiger partial charge in [0.25, 0.3) is 0 Å². The van der Waals surface area contributed by atoms with Crippen molar-refractivity contribution < 1.29 is 4.79 Å². The summed E-state index contributed by atoms with van der Waals surface area (Å²) in [6.07, 6.45) is 2.82. The molecule has 0 saturated carbocycles. The van der Waals surface area contributed by atoms with Crippen molar-refractivity contribution >= 4 is 39.2 Å². The molecule has 3 heterocycles. The van der Waals surface area contributed by atoms with E-state index in [9.17, 15) is 4.79 Å². The highest BCUT2D eigenvalue weighted by Gasteiger charge is 2.30. The largest absolute Gasteiger partial charge is 0.368 e. The van der Waals surface area contributed by atoms with E-state index >= 15 is 0 Å². The van der Waals surface area contributed by atoms with E-state index in [1.807, 2.05) is 16.3 Å². The van der Waals surface area contributed by atoms with E-state index in [-0.39, 0.29) is 5.92 Å². The standard InChI is InChI=1S/C21H23N5OS/c22-21-23-18(17-7-12-28-19(17)24-21)25-8-10-26(11-9-25)20(27)16-6-5-14-3-1-2-4-15(14)13-16/h1-4,7,12,16H,5-6,8-11,13H2,(H2,22,23,24). The van der Waals surface area contributed by atoms with E-state index in [0.717, 1.165) is 61.5 Å². The maximum Gasteiger partial charge on any atom is 0.226 e. The van der Waals surface area contributed by atoms with Gasteiger partial charge in [-0.25, -0.2) is 4.98 Å². The van der Waals surface area contributed by atoms with Gasteiger partial charge in [-0.05, 0) is 41.8 Å². The number of benzene rings is 1. The first kappa shape index (κ1) is 17.4. The fraction of sp³-hybridized carbons (Fsp3) is 0.381. The van der Waals surface area contributed by atoms with E-state index in [1.165, 1.54) is 11.1 Å². The number of carbonyl (C=O) groups is 1. The molecule has 7 heteroatoms. The van der Waals surface area contributed by atoms with E-state index in [2.05, 4.69) is 39.1 Å². The Bertz CT molecular complexity index is 1020. The molecule has 1 amide bonds. The van der Waals surface area contributed by atoms with Crippen molar-refractivity contribution in [1.82, 2.24) is 14.9 Å². The zero-order chi connectivity index (χ0) is 19.1. The van der Waals surface area contributed by atoms with E-state index in [0.29, 0.717) is 11.9 Å². The maximum absolute atomic E-state index is 13.1.